The molecule has 4 rings (SSSR count). The van der Waals surface area contributed by atoms with Gasteiger partial charge in [-0.15, -0.1) is 0 Å². The summed E-state index contributed by atoms with van der Waals surface area (Å²) in [7, 11) is 0. The van der Waals surface area contributed by atoms with Gasteiger partial charge >= 0.3 is 0 Å². The number of hydrogen-bond acceptors (Lipinski definition) is 2. The van der Waals surface area contributed by atoms with Crippen LogP contribution in [0, 0.1) is 34.5 Å². The van der Waals surface area contributed by atoms with E-state index < -0.39 is 0 Å². The molecular weight excluding hydrogens is 289 g/mol. The molecule has 1 N–H and O–H groups in total. The monoisotopic (exact) mass is 321 g/mol. The topological polar surface area (TPSA) is 37.3 Å². The van der Waals surface area contributed by atoms with E-state index in [0.717, 1.165) is 37.0 Å². The van der Waals surface area contributed by atoms with Crippen LogP contribution in [0.2, 0.25) is 0 Å². The standard InChI is InChI=1S/C21H32O2/c1-13(22)17-6-7-18-16-5-4-14-12-15(23)8-10-20(14,2)19(16)9-11-21(17,18)3/h12-13,16-19,22H,4-11H2,1-3H3/t13-,16?,17?,18?,19?,20-,21+/m0/s1/i1+1,8+1,12+1,13+1,15+1. The number of aliphatic hydroxyl groups excluding tert-OH is 1. The van der Waals surface area contributed by atoms with Gasteiger partial charge in [0.15, 0.2) is 5.78 Å². The van der Waals surface area contributed by atoms with Crippen LogP contribution >= 0.6 is 0 Å². The summed E-state index contributed by atoms with van der Waals surface area (Å²) >= 11 is 0. The van der Waals surface area contributed by atoms with Crippen molar-refractivity contribution in [2.45, 2.75) is 78.2 Å². The molecule has 0 radical (unpaired) electrons. The molecule has 0 saturated heterocycles. The van der Waals surface area contributed by atoms with E-state index >= 15 is 0 Å². The van der Waals surface area contributed by atoms with Gasteiger partial charge in [0.05, 0.1) is 6.10 Å². The van der Waals surface area contributed by atoms with E-state index in [9.17, 15) is 9.90 Å². The second kappa shape index (κ2) is 5.18. The zero-order chi connectivity index (χ0) is 16.4. The van der Waals surface area contributed by atoms with Crippen molar-refractivity contribution in [3.05, 3.63) is 11.6 Å². The zero-order valence-corrected chi connectivity index (χ0v) is 15.0. The second-order valence-corrected chi connectivity index (χ2v) is 9.44. The van der Waals surface area contributed by atoms with Gasteiger partial charge in [0.1, 0.15) is 0 Å². The molecule has 3 fully saturated rings. The van der Waals surface area contributed by atoms with E-state index in [1.807, 2.05) is 13.0 Å². The van der Waals surface area contributed by atoms with Crippen LogP contribution in [0.4, 0.5) is 0 Å². The van der Waals surface area contributed by atoms with Gasteiger partial charge in [-0.3, -0.25) is 4.79 Å². The van der Waals surface area contributed by atoms with Gasteiger partial charge in [-0.05, 0) is 92.4 Å². The highest BCUT2D eigenvalue weighted by molar-refractivity contribution is 5.91. The Bertz CT molecular complexity index is 548. The van der Waals surface area contributed by atoms with Crippen molar-refractivity contribution >= 4 is 5.78 Å². The summed E-state index contributed by atoms with van der Waals surface area (Å²) in [5, 5.41) is 10.3. The third kappa shape index (κ3) is 2.13. The van der Waals surface area contributed by atoms with Gasteiger partial charge < -0.3 is 5.11 Å². The van der Waals surface area contributed by atoms with Crippen LogP contribution in [-0.4, -0.2) is 17.0 Å². The number of carbonyl (C=O) groups excluding carboxylic acids is 1. The highest BCUT2D eigenvalue weighted by atomic mass is 16.4. The molecule has 0 aromatic carbocycles. The molecule has 23 heavy (non-hydrogen) atoms. The van der Waals surface area contributed by atoms with Crippen molar-refractivity contribution in [1.29, 1.82) is 0 Å². The molecule has 4 aliphatic rings. The molecular formula is C21H32O2. The van der Waals surface area contributed by atoms with Crippen LogP contribution in [0.1, 0.15) is 72.1 Å². The highest BCUT2D eigenvalue weighted by Gasteiger charge is 2.59. The third-order valence-electron chi connectivity index (χ3n) is 8.62. The summed E-state index contributed by atoms with van der Waals surface area (Å²) in [5.74, 6) is 3.21. The van der Waals surface area contributed by atoms with Crippen LogP contribution in [0.3, 0.4) is 0 Å². The van der Waals surface area contributed by atoms with E-state index in [4.69, 9.17) is 0 Å². The van der Waals surface area contributed by atoms with Gasteiger partial charge in [0.2, 0.25) is 0 Å². The predicted octanol–water partition coefficient (Wildman–Crippen LogP) is 4.52. The summed E-state index contributed by atoms with van der Waals surface area (Å²) in [6.07, 6.45) is 11.1. The summed E-state index contributed by atoms with van der Waals surface area (Å²) in [4.78, 5) is 11.9. The van der Waals surface area contributed by atoms with Gasteiger partial charge in [-0.25, -0.2) is 0 Å². The summed E-state index contributed by atoms with van der Waals surface area (Å²) in [6, 6.07) is 0. The first kappa shape index (κ1) is 15.9. The fraction of sp³-hybridized carbons (Fsp3) is 0.857. The molecule has 2 nitrogen and oxygen atoms in total. The lowest BCUT2D eigenvalue weighted by molar-refractivity contribution is -0.117. The maximum atomic E-state index is 11.9. The molecule has 4 aliphatic carbocycles. The molecule has 128 valence electrons. The number of fused-ring (bicyclic) bond motifs is 5. The van der Waals surface area contributed by atoms with Crippen molar-refractivity contribution in [3.63, 3.8) is 0 Å². The van der Waals surface area contributed by atoms with Crippen LogP contribution in [-0.2, 0) is 4.79 Å². The zero-order valence-electron chi connectivity index (χ0n) is 15.0. The predicted molar refractivity (Wildman–Crippen MR) is 91.9 cm³/mol. The van der Waals surface area contributed by atoms with Gasteiger partial charge in [-0.1, -0.05) is 19.4 Å². The average molecular weight is 321 g/mol. The van der Waals surface area contributed by atoms with E-state index in [-0.39, 0.29) is 11.5 Å². The number of carbonyl (C=O) groups is 1. The Balaban J connectivity index is 1.66. The van der Waals surface area contributed by atoms with E-state index in [1.165, 1.54) is 37.7 Å². The van der Waals surface area contributed by atoms with Crippen molar-refractivity contribution in [2.75, 3.05) is 0 Å². The molecule has 0 spiro atoms. The van der Waals surface area contributed by atoms with Crippen LogP contribution in [0.25, 0.3) is 0 Å². The largest absolute Gasteiger partial charge is 0.393 e. The molecule has 2 heteroatoms. The minimum absolute atomic E-state index is 0.163. The Kier molecular flexibility index (Phi) is 3.58. The number of rotatable bonds is 1. The lowest BCUT2D eigenvalue weighted by Gasteiger charge is -2.58. The minimum Gasteiger partial charge on any atom is -0.393 e. The summed E-state index contributed by atoms with van der Waals surface area (Å²) in [6.45, 7) is 6.92. The Morgan fingerprint density at radius 1 is 1.09 bits per heavy atom. The maximum Gasteiger partial charge on any atom is 0.155 e. The minimum atomic E-state index is -0.163. The van der Waals surface area contributed by atoms with Crippen molar-refractivity contribution in [3.8, 4) is 0 Å². The fourth-order valence-electron chi connectivity index (χ4n) is 7.39. The lowest BCUT2D eigenvalue weighted by atomic mass is 9.48. The molecule has 3 saturated carbocycles. The van der Waals surface area contributed by atoms with Gasteiger partial charge in [0.25, 0.3) is 0 Å². The van der Waals surface area contributed by atoms with Crippen LogP contribution in [0.5, 0.6) is 0 Å². The number of hydrogen-bond donors (Lipinski definition) is 1. The molecule has 0 aromatic rings. The number of aliphatic hydroxyl groups is 1. The Morgan fingerprint density at radius 3 is 2.61 bits per heavy atom. The van der Waals surface area contributed by atoms with Gasteiger partial charge in [0, 0.05) is 6.42 Å². The Labute approximate surface area is 140 Å². The quantitative estimate of drug-likeness (QED) is 0.721. The molecule has 0 amide bonds. The molecule has 0 aromatic heterocycles. The van der Waals surface area contributed by atoms with E-state index in [0.29, 0.717) is 17.1 Å². The van der Waals surface area contributed by atoms with Crippen molar-refractivity contribution < 1.29 is 9.90 Å². The Hall–Kier alpha value is -0.630. The van der Waals surface area contributed by atoms with Crippen molar-refractivity contribution in [2.24, 2.45) is 34.5 Å². The second-order valence-electron chi connectivity index (χ2n) is 9.44. The van der Waals surface area contributed by atoms with Crippen LogP contribution < -0.4 is 0 Å². The number of allylic oxidation sites excluding steroid dienone is 1. The van der Waals surface area contributed by atoms with E-state index in [2.05, 4.69) is 13.8 Å². The van der Waals surface area contributed by atoms with E-state index in [1.54, 1.807) is 0 Å². The van der Waals surface area contributed by atoms with Crippen molar-refractivity contribution in [1.82, 2.24) is 0 Å². The fourth-order valence-corrected chi connectivity index (χ4v) is 7.39. The average Bonchev–Trinajstić information content (AvgIpc) is 2.85. The number of ketones is 1. The smallest absolute Gasteiger partial charge is 0.155 e. The first-order valence-corrected chi connectivity index (χ1v) is 9.78. The molecule has 0 heterocycles. The summed E-state index contributed by atoms with van der Waals surface area (Å²) < 4.78 is 0. The van der Waals surface area contributed by atoms with Gasteiger partial charge in [-0.2, -0.15) is 0 Å². The molecule has 0 aliphatic heterocycles. The summed E-state index contributed by atoms with van der Waals surface area (Å²) in [5.41, 5.74) is 2.09. The highest BCUT2D eigenvalue weighted by Crippen LogP contribution is 2.66. The molecule has 4 unspecified atom stereocenters. The first-order valence-electron chi connectivity index (χ1n) is 9.78. The maximum absolute atomic E-state index is 11.9. The van der Waals surface area contributed by atoms with Crippen LogP contribution in [0.15, 0.2) is 11.6 Å². The molecule has 0 bridgehead atoms. The first-order chi connectivity index (χ1) is 10.9. The SMILES string of the molecule is C[C@]12CCC3C(CCC4=[13CH][13C](=O)[13CH2]C[C@@]43C)C1CCC2[13C@H]([13CH3])O. The lowest BCUT2D eigenvalue weighted by Crippen LogP contribution is -2.51. The third-order valence-corrected chi connectivity index (χ3v) is 8.62. The molecule has 7 atom stereocenters. The Morgan fingerprint density at radius 2 is 1.87 bits per heavy atom. The normalized spacial score (nSPS) is 50.6.